The summed E-state index contributed by atoms with van der Waals surface area (Å²) in [5.74, 6) is 0. The van der Waals surface area contributed by atoms with Gasteiger partial charge in [-0.05, 0) is 49.6 Å². The fourth-order valence-corrected chi connectivity index (χ4v) is 4.07. The maximum Gasteiger partial charge on any atom is 0.180 e. The van der Waals surface area contributed by atoms with E-state index in [-0.39, 0.29) is 5.43 Å². The summed E-state index contributed by atoms with van der Waals surface area (Å²) in [6.45, 7) is 6.36. The first-order valence-electron chi connectivity index (χ1n) is 7.23. The zero-order valence-electron chi connectivity index (χ0n) is 12.1. The van der Waals surface area contributed by atoms with Crippen molar-refractivity contribution in [3.63, 3.8) is 0 Å². The highest BCUT2D eigenvalue weighted by atomic mass is 32.1. The minimum Gasteiger partial charge on any atom is -0.371 e. The standard InChI is InChI=1S/C17H16N2OS/c1-10-6-12(19-4-3-5-19)8-14-16(10)18-17-11(2)7-13(20)9-15(17)21-14/h6-9H,3-5H2,1-2H3. The molecule has 1 aromatic rings. The van der Waals surface area contributed by atoms with E-state index in [0.717, 1.165) is 39.4 Å². The van der Waals surface area contributed by atoms with E-state index in [9.17, 15) is 4.79 Å². The van der Waals surface area contributed by atoms with Gasteiger partial charge in [0.1, 0.15) is 0 Å². The fourth-order valence-electron chi connectivity index (χ4n) is 2.87. The van der Waals surface area contributed by atoms with E-state index in [4.69, 9.17) is 4.98 Å². The number of hydrogen-bond acceptors (Lipinski definition) is 4. The summed E-state index contributed by atoms with van der Waals surface area (Å²) in [4.78, 5) is 19.9. The highest BCUT2D eigenvalue weighted by molar-refractivity contribution is 7.21. The molecule has 1 aliphatic carbocycles. The molecule has 4 rings (SSSR count). The van der Waals surface area contributed by atoms with Crippen LogP contribution in [-0.2, 0) is 0 Å². The summed E-state index contributed by atoms with van der Waals surface area (Å²) in [6, 6.07) is 7.80. The molecule has 1 fully saturated rings. The summed E-state index contributed by atoms with van der Waals surface area (Å²) in [7, 11) is 0. The summed E-state index contributed by atoms with van der Waals surface area (Å²) < 4.78 is 1.16. The van der Waals surface area contributed by atoms with E-state index in [1.54, 1.807) is 23.5 Å². The highest BCUT2D eigenvalue weighted by Crippen LogP contribution is 2.35. The molecule has 2 aliphatic heterocycles. The van der Waals surface area contributed by atoms with Crippen molar-refractivity contribution in [2.24, 2.45) is 0 Å². The third-order valence-electron chi connectivity index (χ3n) is 4.15. The number of aromatic nitrogens is 1. The minimum atomic E-state index is 0.0630. The summed E-state index contributed by atoms with van der Waals surface area (Å²) in [5.41, 5.74) is 5.51. The van der Waals surface area contributed by atoms with E-state index in [1.807, 2.05) is 6.92 Å². The zero-order chi connectivity index (χ0) is 14.6. The van der Waals surface area contributed by atoms with Gasteiger partial charge in [0.25, 0.3) is 0 Å². The van der Waals surface area contributed by atoms with Crippen LogP contribution in [0.3, 0.4) is 0 Å². The first kappa shape index (κ1) is 12.8. The smallest absolute Gasteiger partial charge is 0.180 e. The van der Waals surface area contributed by atoms with Gasteiger partial charge < -0.3 is 4.90 Å². The number of fused-ring (bicyclic) bond motifs is 2. The molecule has 3 nitrogen and oxygen atoms in total. The Morgan fingerprint density at radius 1 is 1.10 bits per heavy atom. The van der Waals surface area contributed by atoms with Gasteiger partial charge in [0, 0.05) is 24.8 Å². The van der Waals surface area contributed by atoms with Crippen LogP contribution in [0.4, 0.5) is 5.69 Å². The molecule has 2 heterocycles. The molecular formula is C17H16N2OS. The molecule has 0 N–H and O–H groups in total. The maximum atomic E-state index is 11.7. The Labute approximate surface area is 127 Å². The predicted molar refractivity (Wildman–Crippen MR) is 88.8 cm³/mol. The Balaban J connectivity index is 2.02. The number of benzene rings is 2. The largest absolute Gasteiger partial charge is 0.371 e. The lowest BCUT2D eigenvalue weighted by Crippen LogP contribution is -2.36. The molecule has 21 heavy (non-hydrogen) atoms. The van der Waals surface area contributed by atoms with Gasteiger partial charge in [0.05, 0.1) is 20.8 Å². The van der Waals surface area contributed by atoms with Crippen molar-refractivity contribution >= 4 is 27.2 Å². The second kappa shape index (κ2) is 4.53. The summed E-state index contributed by atoms with van der Waals surface area (Å²) in [5, 5.41) is 0. The summed E-state index contributed by atoms with van der Waals surface area (Å²) in [6.07, 6.45) is 1.27. The number of aryl methyl sites for hydroxylation is 2. The van der Waals surface area contributed by atoms with Gasteiger partial charge in [-0.2, -0.15) is 0 Å². The quantitative estimate of drug-likeness (QED) is 0.643. The zero-order valence-corrected chi connectivity index (χ0v) is 13.0. The predicted octanol–water partition coefficient (Wildman–Crippen LogP) is 3.59. The van der Waals surface area contributed by atoms with Crippen molar-refractivity contribution < 1.29 is 0 Å². The lowest BCUT2D eigenvalue weighted by atomic mass is 10.1. The van der Waals surface area contributed by atoms with Crippen molar-refractivity contribution in [1.29, 1.82) is 0 Å². The molecular weight excluding hydrogens is 280 g/mol. The second-order valence-corrected chi connectivity index (χ2v) is 6.83. The molecule has 0 unspecified atom stereocenters. The van der Waals surface area contributed by atoms with E-state index in [1.165, 1.54) is 17.7 Å². The molecule has 0 amide bonds. The Morgan fingerprint density at radius 3 is 2.62 bits per heavy atom. The van der Waals surface area contributed by atoms with E-state index < -0.39 is 0 Å². The Kier molecular flexibility index (Phi) is 2.76. The highest BCUT2D eigenvalue weighted by Gasteiger charge is 2.18. The van der Waals surface area contributed by atoms with Crippen molar-refractivity contribution in [3.8, 4) is 10.6 Å². The van der Waals surface area contributed by atoms with E-state index in [2.05, 4.69) is 24.0 Å². The van der Waals surface area contributed by atoms with Crippen LogP contribution >= 0.6 is 11.3 Å². The van der Waals surface area contributed by atoms with Crippen LogP contribution in [0, 0.1) is 13.8 Å². The topological polar surface area (TPSA) is 33.2 Å². The molecule has 0 bridgehead atoms. The van der Waals surface area contributed by atoms with E-state index >= 15 is 0 Å². The molecule has 0 spiro atoms. The first-order valence-corrected chi connectivity index (χ1v) is 8.04. The van der Waals surface area contributed by atoms with Crippen LogP contribution in [0.25, 0.3) is 20.8 Å². The van der Waals surface area contributed by atoms with Crippen molar-refractivity contribution in [2.75, 3.05) is 18.0 Å². The van der Waals surface area contributed by atoms with Crippen LogP contribution in [0.1, 0.15) is 17.5 Å². The summed E-state index contributed by atoms with van der Waals surface area (Å²) >= 11 is 1.67. The average molecular weight is 296 g/mol. The first-order chi connectivity index (χ1) is 10.1. The minimum absolute atomic E-state index is 0.0630. The normalized spacial score (nSPS) is 14.7. The molecule has 1 aromatic carbocycles. The Bertz CT molecular complexity index is 880. The lowest BCUT2D eigenvalue weighted by Gasteiger charge is -2.33. The molecule has 0 aromatic heterocycles. The van der Waals surface area contributed by atoms with Crippen LogP contribution < -0.4 is 10.3 Å². The molecule has 106 valence electrons. The Morgan fingerprint density at radius 2 is 1.90 bits per heavy atom. The lowest BCUT2D eigenvalue weighted by molar-refractivity contribution is 0.618. The molecule has 1 saturated heterocycles. The van der Waals surface area contributed by atoms with Crippen LogP contribution in [0.2, 0.25) is 0 Å². The van der Waals surface area contributed by atoms with E-state index in [0.29, 0.717) is 0 Å². The average Bonchev–Trinajstić information content (AvgIpc) is 2.34. The third kappa shape index (κ3) is 2.02. The van der Waals surface area contributed by atoms with Crippen LogP contribution in [-0.4, -0.2) is 18.1 Å². The van der Waals surface area contributed by atoms with Gasteiger partial charge in [-0.3, -0.25) is 4.79 Å². The number of anilines is 1. The molecule has 0 saturated carbocycles. The number of nitrogens with zero attached hydrogens (tertiary/aromatic N) is 2. The van der Waals surface area contributed by atoms with Gasteiger partial charge in [-0.1, -0.05) is 0 Å². The van der Waals surface area contributed by atoms with Crippen LogP contribution in [0.15, 0.2) is 29.1 Å². The maximum absolute atomic E-state index is 11.7. The van der Waals surface area contributed by atoms with Gasteiger partial charge in [0.15, 0.2) is 5.43 Å². The number of rotatable bonds is 1. The van der Waals surface area contributed by atoms with Crippen molar-refractivity contribution in [2.45, 2.75) is 20.3 Å². The molecule has 0 radical (unpaired) electrons. The third-order valence-corrected chi connectivity index (χ3v) is 5.22. The van der Waals surface area contributed by atoms with Crippen LogP contribution in [0.5, 0.6) is 0 Å². The molecule has 3 aliphatic rings. The van der Waals surface area contributed by atoms with Crippen molar-refractivity contribution in [1.82, 2.24) is 4.98 Å². The van der Waals surface area contributed by atoms with Crippen molar-refractivity contribution in [3.05, 3.63) is 45.6 Å². The Hall–Kier alpha value is -1.94. The van der Waals surface area contributed by atoms with Gasteiger partial charge in [-0.25, -0.2) is 4.98 Å². The van der Waals surface area contributed by atoms with Gasteiger partial charge >= 0.3 is 0 Å². The fraction of sp³-hybridized carbons (Fsp3) is 0.294. The SMILES string of the molecule is Cc1cc(=O)cc2sc3cc(N4CCC4)cc(C)c3nc1-2. The molecule has 0 atom stereocenters. The molecule has 4 heteroatoms. The van der Waals surface area contributed by atoms with Gasteiger partial charge in [-0.15, -0.1) is 11.3 Å². The number of hydrogen-bond donors (Lipinski definition) is 0. The second-order valence-electron chi connectivity index (χ2n) is 5.75. The monoisotopic (exact) mass is 296 g/mol. The van der Waals surface area contributed by atoms with Gasteiger partial charge in [0.2, 0.25) is 0 Å².